The molecular formula is C15H18Cl4N2. The highest BCUT2D eigenvalue weighted by Crippen LogP contribution is 2.24. The molecule has 0 bridgehead atoms. The SMILES string of the molecule is CCCCc1nc(Cl)c(CCl)n1Cc1ccccc1Cl.Cl. The molecule has 0 unspecified atom stereocenters. The van der Waals surface area contributed by atoms with Crippen molar-refractivity contribution in [3.8, 4) is 0 Å². The molecule has 6 heteroatoms. The van der Waals surface area contributed by atoms with E-state index in [9.17, 15) is 0 Å². The minimum Gasteiger partial charge on any atom is -0.325 e. The zero-order valence-corrected chi connectivity index (χ0v) is 14.9. The summed E-state index contributed by atoms with van der Waals surface area (Å²) in [5.41, 5.74) is 1.91. The third kappa shape index (κ3) is 4.53. The van der Waals surface area contributed by atoms with Crippen molar-refractivity contribution in [1.82, 2.24) is 9.55 Å². The lowest BCUT2D eigenvalue weighted by molar-refractivity contribution is 0.665. The second kappa shape index (κ2) is 8.89. The van der Waals surface area contributed by atoms with Gasteiger partial charge in [-0.15, -0.1) is 24.0 Å². The molecule has 0 spiro atoms. The van der Waals surface area contributed by atoms with E-state index in [2.05, 4.69) is 16.5 Å². The quantitative estimate of drug-likeness (QED) is 0.595. The highest BCUT2D eigenvalue weighted by molar-refractivity contribution is 6.31. The first kappa shape index (κ1) is 18.6. The molecule has 0 aliphatic carbocycles. The van der Waals surface area contributed by atoms with Crippen LogP contribution in [0.2, 0.25) is 10.2 Å². The maximum atomic E-state index is 6.23. The molecule has 1 heterocycles. The normalized spacial score (nSPS) is 10.5. The summed E-state index contributed by atoms with van der Waals surface area (Å²) in [6.45, 7) is 2.81. The van der Waals surface area contributed by atoms with Gasteiger partial charge in [0.05, 0.1) is 18.1 Å². The molecule has 1 aromatic carbocycles. The van der Waals surface area contributed by atoms with Gasteiger partial charge in [-0.1, -0.05) is 54.7 Å². The predicted octanol–water partition coefficient (Wildman–Crippen LogP) is 5.74. The summed E-state index contributed by atoms with van der Waals surface area (Å²) in [6.07, 6.45) is 3.10. The average molecular weight is 368 g/mol. The Morgan fingerprint density at radius 2 is 1.90 bits per heavy atom. The lowest BCUT2D eigenvalue weighted by Crippen LogP contribution is -2.08. The van der Waals surface area contributed by atoms with E-state index in [0.29, 0.717) is 17.6 Å². The zero-order valence-electron chi connectivity index (χ0n) is 11.8. The smallest absolute Gasteiger partial charge is 0.151 e. The molecule has 116 valence electrons. The van der Waals surface area contributed by atoms with E-state index in [-0.39, 0.29) is 12.4 Å². The summed E-state index contributed by atoms with van der Waals surface area (Å²) in [5, 5.41) is 1.25. The molecule has 2 aromatic rings. The minimum absolute atomic E-state index is 0. The minimum atomic E-state index is 0. The largest absolute Gasteiger partial charge is 0.325 e. The van der Waals surface area contributed by atoms with Crippen molar-refractivity contribution in [1.29, 1.82) is 0 Å². The molecular weight excluding hydrogens is 350 g/mol. The van der Waals surface area contributed by atoms with Gasteiger partial charge in [0, 0.05) is 11.4 Å². The number of aromatic nitrogens is 2. The molecule has 0 amide bonds. The van der Waals surface area contributed by atoms with E-state index < -0.39 is 0 Å². The van der Waals surface area contributed by atoms with Crippen molar-refractivity contribution in [3.05, 3.63) is 51.5 Å². The average Bonchev–Trinajstić information content (AvgIpc) is 2.74. The van der Waals surface area contributed by atoms with Gasteiger partial charge in [-0.2, -0.15) is 0 Å². The molecule has 0 fully saturated rings. The van der Waals surface area contributed by atoms with E-state index in [1.807, 2.05) is 24.3 Å². The third-order valence-electron chi connectivity index (χ3n) is 3.27. The molecule has 1 aromatic heterocycles. The number of rotatable bonds is 6. The molecule has 0 saturated carbocycles. The van der Waals surface area contributed by atoms with Crippen LogP contribution in [0.4, 0.5) is 0 Å². The molecule has 21 heavy (non-hydrogen) atoms. The number of halogens is 4. The maximum absolute atomic E-state index is 6.23. The summed E-state index contributed by atoms with van der Waals surface area (Å²) in [7, 11) is 0. The van der Waals surface area contributed by atoms with E-state index in [4.69, 9.17) is 34.8 Å². The van der Waals surface area contributed by atoms with Gasteiger partial charge in [-0.25, -0.2) is 4.98 Å². The summed E-state index contributed by atoms with van der Waals surface area (Å²) < 4.78 is 2.09. The molecule has 0 aliphatic heterocycles. The Kier molecular flexibility index (Phi) is 7.89. The van der Waals surface area contributed by atoms with Crippen LogP contribution in [-0.4, -0.2) is 9.55 Å². The fourth-order valence-electron chi connectivity index (χ4n) is 2.14. The molecule has 0 radical (unpaired) electrons. The van der Waals surface area contributed by atoms with Gasteiger partial charge in [0.2, 0.25) is 0 Å². The number of benzene rings is 1. The van der Waals surface area contributed by atoms with Gasteiger partial charge in [-0.05, 0) is 18.1 Å². The van der Waals surface area contributed by atoms with Crippen LogP contribution in [-0.2, 0) is 18.8 Å². The second-order valence-electron chi connectivity index (χ2n) is 4.68. The fraction of sp³-hybridized carbons (Fsp3) is 0.400. The van der Waals surface area contributed by atoms with Crippen LogP contribution in [0.1, 0.15) is 36.8 Å². The summed E-state index contributed by atoms with van der Waals surface area (Å²) in [5.74, 6) is 1.33. The Bertz CT molecular complexity index is 581. The first-order valence-corrected chi connectivity index (χ1v) is 7.99. The van der Waals surface area contributed by atoms with Crippen molar-refractivity contribution in [3.63, 3.8) is 0 Å². The lowest BCUT2D eigenvalue weighted by atomic mass is 10.2. The van der Waals surface area contributed by atoms with E-state index in [1.54, 1.807) is 0 Å². The summed E-state index contributed by atoms with van der Waals surface area (Å²) in [6, 6.07) is 7.80. The zero-order chi connectivity index (χ0) is 14.5. The Morgan fingerprint density at radius 3 is 2.52 bits per heavy atom. The van der Waals surface area contributed by atoms with Gasteiger partial charge < -0.3 is 4.57 Å². The van der Waals surface area contributed by atoms with Crippen LogP contribution in [0, 0.1) is 0 Å². The van der Waals surface area contributed by atoms with Gasteiger partial charge in [-0.3, -0.25) is 0 Å². The molecule has 2 nitrogen and oxygen atoms in total. The first-order chi connectivity index (χ1) is 9.67. The van der Waals surface area contributed by atoms with Crippen molar-refractivity contribution in [2.75, 3.05) is 0 Å². The number of hydrogen-bond donors (Lipinski definition) is 0. The Morgan fingerprint density at radius 1 is 1.19 bits per heavy atom. The number of alkyl halides is 1. The monoisotopic (exact) mass is 366 g/mol. The molecule has 0 aliphatic rings. The molecule has 0 N–H and O–H groups in total. The van der Waals surface area contributed by atoms with E-state index in [1.165, 1.54) is 0 Å². The first-order valence-electron chi connectivity index (χ1n) is 6.70. The number of nitrogens with zero attached hydrogens (tertiary/aromatic N) is 2. The standard InChI is InChI=1S/C15H17Cl3N2.ClH/c1-2-3-8-14-19-15(18)13(9-16)20(14)10-11-6-4-5-7-12(11)17;/h4-7H,2-3,8-10H2,1H3;1H. The number of imidazole rings is 1. The topological polar surface area (TPSA) is 17.8 Å². The Hall–Kier alpha value is -0.410. The highest BCUT2D eigenvalue weighted by atomic mass is 35.5. The fourth-order valence-corrected chi connectivity index (χ4v) is 2.94. The van der Waals surface area contributed by atoms with Gasteiger partial charge in [0.1, 0.15) is 5.82 Å². The van der Waals surface area contributed by atoms with Crippen LogP contribution < -0.4 is 0 Å². The Labute approximate surface area is 146 Å². The van der Waals surface area contributed by atoms with Crippen LogP contribution in [0.25, 0.3) is 0 Å². The second-order valence-corrected chi connectivity index (χ2v) is 5.71. The molecule has 0 saturated heterocycles. The molecule has 0 atom stereocenters. The van der Waals surface area contributed by atoms with Crippen molar-refractivity contribution in [2.24, 2.45) is 0 Å². The Balaban J connectivity index is 0.00000220. The summed E-state index contributed by atoms with van der Waals surface area (Å²) in [4.78, 5) is 4.45. The van der Waals surface area contributed by atoms with Crippen LogP contribution >= 0.6 is 47.2 Å². The van der Waals surface area contributed by atoms with Crippen molar-refractivity contribution < 1.29 is 0 Å². The van der Waals surface area contributed by atoms with Gasteiger partial charge in [0.25, 0.3) is 0 Å². The summed E-state index contributed by atoms with van der Waals surface area (Å²) >= 11 is 18.4. The maximum Gasteiger partial charge on any atom is 0.151 e. The van der Waals surface area contributed by atoms with Crippen LogP contribution in [0.3, 0.4) is 0 Å². The van der Waals surface area contributed by atoms with E-state index >= 15 is 0 Å². The number of unbranched alkanes of at least 4 members (excludes halogenated alkanes) is 1. The van der Waals surface area contributed by atoms with E-state index in [0.717, 1.165) is 41.4 Å². The van der Waals surface area contributed by atoms with Gasteiger partial charge >= 0.3 is 0 Å². The van der Waals surface area contributed by atoms with Crippen molar-refractivity contribution >= 4 is 47.2 Å². The van der Waals surface area contributed by atoms with Crippen LogP contribution in [0.5, 0.6) is 0 Å². The molecule has 2 rings (SSSR count). The highest BCUT2D eigenvalue weighted by Gasteiger charge is 2.15. The predicted molar refractivity (Wildman–Crippen MR) is 93.2 cm³/mol. The third-order valence-corrected chi connectivity index (χ3v) is 4.19. The number of aryl methyl sites for hydroxylation is 1. The van der Waals surface area contributed by atoms with Crippen molar-refractivity contribution in [2.45, 2.75) is 38.6 Å². The lowest BCUT2D eigenvalue weighted by Gasteiger charge is -2.12. The van der Waals surface area contributed by atoms with Crippen LogP contribution in [0.15, 0.2) is 24.3 Å². The van der Waals surface area contributed by atoms with Gasteiger partial charge in [0.15, 0.2) is 5.15 Å². The number of hydrogen-bond acceptors (Lipinski definition) is 1.